The summed E-state index contributed by atoms with van der Waals surface area (Å²) < 4.78 is 7.42. The van der Waals surface area contributed by atoms with E-state index in [0.717, 1.165) is 6.42 Å². The fourth-order valence-electron chi connectivity index (χ4n) is 4.09. The molecule has 1 N–H and O–H groups in total. The first-order chi connectivity index (χ1) is 17.4. The molecule has 0 aliphatic carbocycles. The number of nitrogens with zero attached hydrogens (tertiary/aromatic N) is 3. The number of amides is 1. The van der Waals surface area contributed by atoms with Crippen LogP contribution >= 0.6 is 24.0 Å². The third-order valence-corrected chi connectivity index (χ3v) is 7.29. The van der Waals surface area contributed by atoms with Crippen molar-refractivity contribution in [3.05, 3.63) is 92.0 Å². The number of nitrogens with one attached hydrogen (secondary N) is 1. The lowest BCUT2D eigenvalue weighted by atomic mass is 10.0. The standard InChI is InChI=1S/C27H26N4O3S2/c1-3-13-30-24(29-12-11-19-8-5-4-6-9-19)21(18(2)22(16-28)25(30)32)15-23-26(33)31(27(35)36-23)17-20-10-7-14-34-20/h4-10,14-15,29H,3,11-13,17H2,1-2H3/b23-15+. The van der Waals surface area contributed by atoms with E-state index in [1.807, 2.05) is 25.1 Å². The van der Waals surface area contributed by atoms with Crippen LogP contribution in [-0.2, 0) is 24.3 Å². The summed E-state index contributed by atoms with van der Waals surface area (Å²) in [5.41, 5.74) is 2.09. The number of anilines is 1. The molecular formula is C27H26N4O3S2. The smallest absolute Gasteiger partial charge is 0.270 e. The average molecular weight is 519 g/mol. The number of hydrogen-bond acceptors (Lipinski definition) is 7. The largest absolute Gasteiger partial charge is 0.467 e. The summed E-state index contributed by atoms with van der Waals surface area (Å²) in [5, 5.41) is 13.2. The summed E-state index contributed by atoms with van der Waals surface area (Å²) in [6.45, 7) is 5.00. The van der Waals surface area contributed by atoms with Crippen LogP contribution in [0.4, 0.5) is 5.82 Å². The van der Waals surface area contributed by atoms with E-state index in [2.05, 4.69) is 23.5 Å². The first-order valence-corrected chi connectivity index (χ1v) is 12.9. The highest BCUT2D eigenvalue weighted by Gasteiger charge is 2.33. The molecule has 1 aromatic carbocycles. The number of benzene rings is 1. The van der Waals surface area contributed by atoms with Crippen molar-refractivity contribution in [2.75, 3.05) is 11.9 Å². The van der Waals surface area contributed by atoms with Crippen LogP contribution in [0.15, 0.2) is 62.8 Å². The highest BCUT2D eigenvalue weighted by molar-refractivity contribution is 8.26. The molecule has 9 heteroatoms. The molecule has 184 valence electrons. The molecule has 0 radical (unpaired) electrons. The van der Waals surface area contributed by atoms with Gasteiger partial charge in [0, 0.05) is 18.7 Å². The van der Waals surface area contributed by atoms with E-state index in [4.69, 9.17) is 16.6 Å². The second-order valence-electron chi connectivity index (χ2n) is 8.34. The number of rotatable bonds is 9. The zero-order valence-corrected chi connectivity index (χ0v) is 21.7. The van der Waals surface area contributed by atoms with E-state index < -0.39 is 0 Å². The first kappa shape index (κ1) is 25.5. The van der Waals surface area contributed by atoms with E-state index in [9.17, 15) is 14.9 Å². The number of pyridine rings is 1. The molecule has 7 nitrogen and oxygen atoms in total. The van der Waals surface area contributed by atoms with Gasteiger partial charge in [0.05, 0.1) is 17.7 Å². The summed E-state index contributed by atoms with van der Waals surface area (Å²) in [6.07, 6.45) is 4.77. The lowest BCUT2D eigenvalue weighted by molar-refractivity contribution is -0.122. The van der Waals surface area contributed by atoms with Crippen LogP contribution in [0.5, 0.6) is 0 Å². The molecule has 0 spiro atoms. The van der Waals surface area contributed by atoms with Crippen LogP contribution in [0.3, 0.4) is 0 Å². The summed E-state index contributed by atoms with van der Waals surface area (Å²) in [6, 6.07) is 15.7. The van der Waals surface area contributed by atoms with Crippen LogP contribution in [0.2, 0.25) is 0 Å². The second kappa shape index (κ2) is 11.4. The van der Waals surface area contributed by atoms with Gasteiger partial charge in [-0.25, -0.2) is 0 Å². The molecule has 0 unspecified atom stereocenters. The Labute approximate surface area is 219 Å². The summed E-state index contributed by atoms with van der Waals surface area (Å²) in [4.78, 5) is 28.4. The molecule has 0 atom stereocenters. The normalized spacial score (nSPS) is 14.5. The Morgan fingerprint density at radius 1 is 1.19 bits per heavy atom. The highest BCUT2D eigenvalue weighted by Crippen LogP contribution is 2.36. The Balaban J connectivity index is 1.73. The number of hydrogen-bond donors (Lipinski definition) is 1. The van der Waals surface area contributed by atoms with Crippen molar-refractivity contribution in [2.24, 2.45) is 0 Å². The molecule has 1 fully saturated rings. The van der Waals surface area contributed by atoms with Crippen molar-refractivity contribution in [2.45, 2.75) is 39.8 Å². The SMILES string of the molecule is CCCn1c(NCCc2ccccc2)c(/C=C2/SC(=S)N(Cc3ccco3)C2=O)c(C)c(C#N)c1=O. The number of carbonyl (C=O) groups is 1. The first-order valence-electron chi connectivity index (χ1n) is 11.7. The topological polar surface area (TPSA) is 91.3 Å². The van der Waals surface area contributed by atoms with Crippen LogP contribution in [-0.4, -0.2) is 26.2 Å². The summed E-state index contributed by atoms with van der Waals surface area (Å²) in [5.74, 6) is 1.00. The summed E-state index contributed by atoms with van der Waals surface area (Å²) >= 11 is 6.68. The molecule has 1 amide bonds. The Kier molecular flexibility index (Phi) is 8.08. The van der Waals surface area contributed by atoms with Crippen LogP contribution in [0.25, 0.3) is 6.08 Å². The van der Waals surface area contributed by atoms with Gasteiger partial charge in [0.25, 0.3) is 11.5 Å². The lowest BCUT2D eigenvalue weighted by Crippen LogP contribution is -2.29. The zero-order chi connectivity index (χ0) is 25.7. The van der Waals surface area contributed by atoms with Crippen LogP contribution < -0.4 is 10.9 Å². The number of aromatic nitrogens is 1. The molecule has 2 aromatic heterocycles. The van der Waals surface area contributed by atoms with Crippen molar-refractivity contribution in [1.29, 1.82) is 5.26 Å². The minimum atomic E-state index is -0.332. The molecule has 3 heterocycles. The van der Waals surface area contributed by atoms with Gasteiger partial charge in [-0.2, -0.15) is 5.26 Å². The van der Waals surface area contributed by atoms with Gasteiger partial charge in [0.1, 0.15) is 27.5 Å². The van der Waals surface area contributed by atoms with Crippen molar-refractivity contribution in [3.8, 4) is 6.07 Å². The van der Waals surface area contributed by atoms with Gasteiger partial charge < -0.3 is 9.73 Å². The van der Waals surface area contributed by atoms with Gasteiger partial charge >= 0.3 is 0 Å². The fraction of sp³-hybridized carbons (Fsp3) is 0.259. The molecule has 1 aliphatic rings. The second-order valence-corrected chi connectivity index (χ2v) is 10.0. The molecule has 0 saturated carbocycles. The molecule has 36 heavy (non-hydrogen) atoms. The Hall–Kier alpha value is -3.61. The van der Waals surface area contributed by atoms with Gasteiger partial charge in [0.2, 0.25) is 0 Å². The Bertz CT molecular complexity index is 1400. The number of nitriles is 1. The van der Waals surface area contributed by atoms with Gasteiger partial charge in [-0.3, -0.25) is 19.1 Å². The van der Waals surface area contributed by atoms with E-state index in [-0.39, 0.29) is 23.6 Å². The third kappa shape index (κ3) is 5.30. The number of thiocarbonyl (C=S) groups is 1. The van der Waals surface area contributed by atoms with Crippen molar-refractivity contribution < 1.29 is 9.21 Å². The average Bonchev–Trinajstić information content (AvgIpc) is 3.48. The molecule has 4 rings (SSSR count). The van der Waals surface area contributed by atoms with Crippen LogP contribution in [0, 0.1) is 18.3 Å². The molecule has 1 saturated heterocycles. The Morgan fingerprint density at radius 2 is 1.97 bits per heavy atom. The van der Waals surface area contributed by atoms with Gasteiger partial charge in [-0.15, -0.1) is 0 Å². The van der Waals surface area contributed by atoms with E-state index in [0.29, 0.717) is 51.4 Å². The maximum absolute atomic E-state index is 13.3. The van der Waals surface area contributed by atoms with E-state index in [1.165, 1.54) is 22.2 Å². The number of thioether (sulfide) groups is 1. The van der Waals surface area contributed by atoms with Crippen molar-refractivity contribution in [3.63, 3.8) is 0 Å². The maximum atomic E-state index is 13.3. The van der Waals surface area contributed by atoms with Gasteiger partial charge in [0.15, 0.2) is 0 Å². The predicted molar refractivity (Wildman–Crippen MR) is 147 cm³/mol. The van der Waals surface area contributed by atoms with Crippen LogP contribution in [0.1, 0.15) is 41.4 Å². The molecule has 3 aromatic rings. The van der Waals surface area contributed by atoms with Crippen molar-refractivity contribution >= 4 is 46.1 Å². The minimum absolute atomic E-state index is 0.0781. The Morgan fingerprint density at radius 3 is 2.64 bits per heavy atom. The maximum Gasteiger partial charge on any atom is 0.270 e. The lowest BCUT2D eigenvalue weighted by Gasteiger charge is -2.20. The quantitative estimate of drug-likeness (QED) is 0.312. The monoisotopic (exact) mass is 518 g/mol. The van der Waals surface area contributed by atoms with E-state index in [1.54, 1.807) is 36.0 Å². The number of furan rings is 1. The molecular weight excluding hydrogens is 492 g/mol. The zero-order valence-electron chi connectivity index (χ0n) is 20.1. The van der Waals surface area contributed by atoms with Crippen molar-refractivity contribution in [1.82, 2.24) is 9.47 Å². The van der Waals surface area contributed by atoms with Gasteiger partial charge in [-0.05, 0) is 49.1 Å². The minimum Gasteiger partial charge on any atom is -0.467 e. The molecule has 1 aliphatic heterocycles. The molecule has 0 bridgehead atoms. The third-order valence-electron chi connectivity index (χ3n) is 5.91. The highest BCUT2D eigenvalue weighted by atomic mass is 32.2. The van der Waals surface area contributed by atoms with E-state index >= 15 is 0 Å². The number of carbonyl (C=O) groups excluding carboxylic acids is 1. The summed E-state index contributed by atoms with van der Waals surface area (Å²) in [7, 11) is 0. The fourth-order valence-corrected chi connectivity index (χ4v) is 5.32. The predicted octanol–water partition coefficient (Wildman–Crippen LogP) is 5.09. The van der Waals surface area contributed by atoms with Gasteiger partial charge in [-0.1, -0.05) is 61.2 Å².